The molecule has 0 aliphatic carbocycles. The second-order valence-electron chi connectivity index (χ2n) is 3.54. The van der Waals surface area contributed by atoms with Crippen LogP contribution in [0.3, 0.4) is 0 Å². The van der Waals surface area contributed by atoms with Crippen LogP contribution in [0.2, 0.25) is 0 Å². The summed E-state index contributed by atoms with van der Waals surface area (Å²) in [5, 5.41) is 8.62. The number of aliphatic carboxylic acids is 1. The van der Waals surface area contributed by atoms with Gasteiger partial charge in [-0.25, -0.2) is 13.1 Å². The molecule has 0 aliphatic rings. The van der Waals surface area contributed by atoms with Gasteiger partial charge in [-0.2, -0.15) is 11.8 Å². The molecule has 1 heterocycles. The maximum Gasteiger partial charge on any atom is 0.308 e. The van der Waals surface area contributed by atoms with Gasteiger partial charge < -0.3 is 5.11 Å². The Morgan fingerprint density at radius 3 is 2.83 bits per heavy atom. The summed E-state index contributed by atoms with van der Waals surface area (Å²) in [6, 6.07) is 2.98. The molecule has 0 bridgehead atoms. The average Bonchev–Trinajstić information content (AvgIpc) is 2.73. The molecule has 0 spiro atoms. The Balaban J connectivity index is 2.61. The molecule has 1 aromatic rings. The van der Waals surface area contributed by atoms with Crippen LogP contribution in [0.15, 0.2) is 16.3 Å². The van der Waals surface area contributed by atoms with E-state index >= 15 is 0 Å². The van der Waals surface area contributed by atoms with Gasteiger partial charge in [-0.15, -0.1) is 11.3 Å². The monoisotopic (exact) mass is 309 g/mol. The zero-order valence-corrected chi connectivity index (χ0v) is 12.3. The molecule has 0 amide bonds. The first-order valence-corrected chi connectivity index (χ1v) is 8.94. The first kappa shape index (κ1) is 15.5. The van der Waals surface area contributed by atoms with E-state index in [0.717, 1.165) is 23.5 Å². The van der Waals surface area contributed by atoms with E-state index in [1.807, 2.05) is 6.26 Å². The van der Waals surface area contributed by atoms with Crippen LogP contribution >= 0.6 is 23.1 Å². The molecule has 0 fully saturated rings. The number of hydrogen-bond donors (Lipinski definition) is 2. The van der Waals surface area contributed by atoms with Gasteiger partial charge in [0.1, 0.15) is 4.21 Å². The normalized spacial score (nSPS) is 11.6. The summed E-state index contributed by atoms with van der Waals surface area (Å²) < 4.78 is 26.3. The summed E-state index contributed by atoms with van der Waals surface area (Å²) in [6.45, 7) is 0.398. The van der Waals surface area contributed by atoms with E-state index in [9.17, 15) is 13.2 Å². The first-order valence-electron chi connectivity index (χ1n) is 5.25. The number of nitrogens with one attached hydrogen (secondary N) is 1. The fraction of sp³-hybridized carbons (Fsp3) is 0.500. The maximum absolute atomic E-state index is 11.8. The quantitative estimate of drug-likeness (QED) is 0.709. The molecule has 0 aliphatic heterocycles. The molecular formula is C10H15NO4S3. The van der Waals surface area contributed by atoms with Crippen molar-refractivity contribution >= 4 is 39.1 Å². The van der Waals surface area contributed by atoms with Gasteiger partial charge in [-0.1, -0.05) is 0 Å². The predicted molar refractivity (Wildman–Crippen MR) is 73.8 cm³/mol. The van der Waals surface area contributed by atoms with Gasteiger partial charge in [-0.05, 0) is 30.6 Å². The van der Waals surface area contributed by atoms with Gasteiger partial charge in [0, 0.05) is 11.4 Å². The van der Waals surface area contributed by atoms with E-state index in [-0.39, 0.29) is 10.6 Å². The summed E-state index contributed by atoms with van der Waals surface area (Å²) in [5.74, 6) is -0.0641. The molecule has 5 nitrogen and oxygen atoms in total. The second-order valence-corrected chi connectivity index (χ2v) is 7.68. The summed E-state index contributed by atoms with van der Waals surface area (Å²) >= 11 is 2.66. The first-order chi connectivity index (χ1) is 8.45. The van der Waals surface area contributed by atoms with Gasteiger partial charge >= 0.3 is 5.97 Å². The van der Waals surface area contributed by atoms with Gasteiger partial charge in [0.05, 0.1) is 6.42 Å². The van der Waals surface area contributed by atoms with Crippen molar-refractivity contribution in [3.05, 3.63) is 17.0 Å². The van der Waals surface area contributed by atoms with Crippen LogP contribution in [0.25, 0.3) is 0 Å². The summed E-state index contributed by atoms with van der Waals surface area (Å²) in [7, 11) is -3.49. The molecule has 0 unspecified atom stereocenters. The Morgan fingerprint density at radius 2 is 2.22 bits per heavy atom. The van der Waals surface area contributed by atoms with E-state index < -0.39 is 16.0 Å². The largest absolute Gasteiger partial charge is 0.481 e. The molecule has 0 aromatic carbocycles. The van der Waals surface area contributed by atoms with Crippen LogP contribution in [0, 0.1) is 0 Å². The Labute approximate surface area is 115 Å². The molecule has 0 radical (unpaired) electrons. The Bertz CT molecular complexity index is 495. The highest BCUT2D eigenvalue weighted by Gasteiger charge is 2.16. The van der Waals surface area contributed by atoms with Gasteiger partial charge in [0.25, 0.3) is 0 Å². The lowest BCUT2D eigenvalue weighted by Gasteiger charge is -2.03. The lowest BCUT2D eigenvalue weighted by atomic mass is 10.3. The van der Waals surface area contributed by atoms with Crippen molar-refractivity contribution in [3.63, 3.8) is 0 Å². The summed E-state index contributed by atoms with van der Waals surface area (Å²) in [5.41, 5.74) is 0. The lowest BCUT2D eigenvalue weighted by molar-refractivity contribution is -0.136. The van der Waals surface area contributed by atoms with Crippen molar-refractivity contribution in [1.82, 2.24) is 4.72 Å². The third-order valence-electron chi connectivity index (χ3n) is 2.04. The number of carbonyl (C=O) groups is 1. The molecule has 0 saturated heterocycles. The highest BCUT2D eigenvalue weighted by atomic mass is 32.2. The molecule has 8 heteroatoms. The van der Waals surface area contributed by atoms with Crippen molar-refractivity contribution < 1.29 is 18.3 Å². The van der Waals surface area contributed by atoms with Crippen molar-refractivity contribution in [3.8, 4) is 0 Å². The van der Waals surface area contributed by atoms with Crippen LogP contribution < -0.4 is 4.72 Å². The van der Waals surface area contributed by atoms with Crippen LogP contribution in [0.5, 0.6) is 0 Å². The number of thiophene rings is 1. The van der Waals surface area contributed by atoms with E-state index in [1.165, 1.54) is 12.1 Å². The minimum Gasteiger partial charge on any atom is -0.481 e. The average molecular weight is 309 g/mol. The van der Waals surface area contributed by atoms with E-state index in [4.69, 9.17) is 5.11 Å². The molecule has 2 N–H and O–H groups in total. The summed E-state index contributed by atoms with van der Waals surface area (Å²) in [4.78, 5) is 11.0. The third-order valence-corrected chi connectivity index (χ3v) is 5.78. The molecule has 102 valence electrons. The zero-order valence-electron chi connectivity index (χ0n) is 9.88. The molecule has 18 heavy (non-hydrogen) atoms. The van der Waals surface area contributed by atoms with Crippen molar-refractivity contribution in [1.29, 1.82) is 0 Å². The van der Waals surface area contributed by atoms with Crippen LogP contribution in [0.1, 0.15) is 11.3 Å². The van der Waals surface area contributed by atoms with Crippen molar-refractivity contribution in [2.75, 3.05) is 18.6 Å². The third kappa shape index (κ3) is 4.97. The standard InChI is InChI=1S/C10H15NO4S3/c1-16-6-2-5-11-18(14,15)10-4-3-8(17-10)7-9(12)13/h3-4,11H,2,5-7H2,1H3,(H,12,13). The Morgan fingerprint density at radius 1 is 1.50 bits per heavy atom. The summed E-state index contributed by atoms with van der Waals surface area (Å²) in [6.07, 6.45) is 2.59. The number of sulfonamides is 1. The smallest absolute Gasteiger partial charge is 0.308 e. The van der Waals surface area contributed by atoms with Crippen LogP contribution in [-0.2, 0) is 21.2 Å². The predicted octanol–water partition coefficient (Wildman–Crippen LogP) is 1.41. The minimum atomic E-state index is -3.49. The topological polar surface area (TPSA) is 83.5 Å². The fourth-order valence-corrected chi connectivity index (χ4v) is 4.14. The number of hydrogen-bond acceptors (Lipinski definition) is 5. The van der Waals surface area contributed by atoms with Crippen molar-refractivity contribution in [2.45, 2.75) is 17.1 Å². The number of thioether (sulfide) groups is 1. The maximum atomic E-state index is 11.8. The minimum absolute atomic E-state index is 0.146. The molecule has 0 atom stereocenters. The zero-order chi connectivity index (χ0) is 13.6. The number of carboxylic acids is 1. The number of rotatable bonds is 8. The van der Waals surface area contributed by atoms with Crippen molar-refractivity contribution in [2.24, 2.45) is 0 Å². The van der Waals surface area contributed by atoms with Crippen LogP contribution in [-0.4, -0.2) is 38.0 Å². The van der Waals surface area contributed by atoms with Gasteiger partial charge in [0.2, 0.25) is 10.0 Å². The molecular weight excluding hydrogens is 294 g/mol. The van der Waals surface area contributed by atoms with E-state index in [2.05, 4.69) is 4.72 Å². The Hall–Kier alpha value is -0.570. The van der Waals surface area contributed by atoms with E-state index in [0.29, 0.717) is 11.4 Å². The number of carboxylic acid groups (broad SMARTS) is 1. The highest BCUT2D eigenvalue weighted by Crippen LogP contribution is 2.21. The molecule has 1 rings (SSSR count). The molecule has 1 aromatic heterocycles. The second kappa shape index (κ2) is 7.13. The Kier molecular flexibility index (Phi) is 6.13. The van der Waals surface area contributed by atoms with Crippen LogP contribution in [0.4, 0.5) is 0 Å². The lowest BCUT2D eigenvalue weighted by Crippen LogP contribution is -2.24. The SMILES string of the molecule is CSCCCNS(=O)(=O)c1ccc(CC(=O)O)s1. The fourth-order valence-electron chi connectivity index (χ4n) is 1.24. The van der Waals surface area contributed by atoms with Gasteiger partial charge in [-0.3, -0.25) is 4.79 Å². The van der Waals surface area contributed by atoms with Gasteiger partial charge in [0.15, 0.2) is 0 Å². The van der Waals surface area contributed by atoms with E-state index in [1.54, 1.807) is 11.8 Å². The highest BCUT2D eigenvalue weighted by molar-refractivity contribution is 7.98. The molecule has 0 saturated carbocycles.